The molecule has 0 bridgehead atoms. The Labute approximate surface area is 201 Å². The number of rotatable bonds is 5. The number of azo groups is 1. The van der Waals surface area contributed by atoms with Crippen molar-refractivity contribution >= 4 is 54.7 Å². The Bertz CT molecular complexity index is 1450. The summed E-state index contributed by atoms with van der Waals surface area (Å²) in [6, 6.07) is 4.71. The number of esters is 1. The molecule has 3 heterocycles. The molecule has 0 N–H and O–H groups in total. The van der Waals surface area contributed by atoms with Crippen LogP contribution in [0.3, 0.4) is 0 Å². The number of thiazole rings is 2. The van der Waals surface area contributed by atoms with Gasteiger partial charge in [0.25, 0.3) is 0 Å². The van der Waals surface area contributed by atoms with E-state index in [-0.39, 0.29) is 5.01 Å². The molecule has 14 heteroatoms. The zero-order valence-corrected chi connectivity index (χ0v) is 19.0. The monoisotopic (exact) mass is 525 g/mol. The van der Waals surface area contributed by atoms with Gasteiger partial charge in [0.2, 0.25) is 39.8 Å². The summed E-state index contributed by atoms with van der Waals surface area (Å²) >= 11 is 2.21. The molecule has 0 amide bonds. The number of hydrogen-bond donors (Lipinski definition) is 0. The summed E-state index contributed by atoms with van der Waals surface area (Å²) < 4.78 is 72.4. The molecule has 0 spiro atoms. The second-order valence-corrected chi connectivity index (χ2v) is 9.35. The van der Waals surface area contributed by atoms with Gasteiger partial charge in [0.05, 0.1) is 22.1 Å². The normalized spacial score (nSPS) is 13.9. The lowest BCUT2D eigenvalue weighted by molar-refractivity contribution is 0.0716. The molecule has 1 saturated heterocycles. The van der Waals surface area contributed by atoms with E-state index < -0.39 is 40.8 Å². The highest BCUT2D eigenvalue weighted by atomic mass is 32.1. The first-order chi connectivity index (χ1) is 16.8. The van der Waals surface area contributed by atoms with Crippen LogP contribution >= 0.6 is 22.7 Å². The van der Waals surface area contributed by atoms with E-state index in [2.05, 4.69) is 29.8 Å². The maximum Gasteiger partial charge on any atom is 0.373 e. The minimum atomic E-state index is -2.35. The van der Waals surface area contributed by atoms with E-state index in [9.17, 15) is 26.7 Å². The lowest BCUT2D eigenvalue weighted by Gasteiger charge is -2.11. The van der Waals surface area contributed by atoms with Crippen LogP contribution in [0.5, 0.6) is 5.75 Å². The average molecular weight is 525 g/mol. The molecule has 0 radical (unpaired) electrons. The second-order valence-electron chi connectivity index (χ2n) is 7.33. The number of carbonyl (C=O) groups excluding carboxylic acids is 1. The van der Waals surface area contributed by atoms with Crippen molar-refractivity contribution in [2.75, 3.05) is 18.0 Å². The van der Waals surface area contributed by atoms with Gasteiger partial charge in [-0.3, -0.25) is 0 Å². The van der Waals surface area contributed by atoms with Crippen LogP contribution in [0.4, 0.5) is 37.8 Å². The predicted molar refractivity (Wildman–Crippen MR) is 119 cm³/mol. The van der Waals surface area contributed by atoms with Gasteiger partial charge < -0.3 is 9.64 Å². The van der Waals surface area contributed by atoms with Crippen molar-refractivity contribution in [3.05, 3.63) is 58.5 Å². The minimum absolute atomic E-state index is 0.340. The van der Waals surface area contributed by atoms with Crippen LogP contribution in [0.2, 0.25) is 0 Å². The van der Waals surface area contributed by atoms with E-state index in [0.29, 0.717) is 20.9 Å². The number of ether oxygens (including phenoxy) is 1. The summed E-state index contributed by atoms with van der Waals surface area (Å²) in [6.45, 7) is 1.92. The zero-order chi connectivity index (χ0) is 24.7. The fourth-order valence-electron chi connectivity index (χ4n) is 3.34. The predicted octanol–water partition coefficient (Wildman–Crippen LogP) is 6.68. The van der Waals surface area contributed by atoms with E-state index in [4.69, 9.17) is 0 Å². The number of halogens is 5. The average Bonchev–Trinajstić information content (AvgIpc) is 3.62. The molecule has 0 aliphatic carbocycles. The van der Waals surface area contributed by atoms with Gasteiger partial charge in [-0.1, -0.05) is 11.3 Å². The first-order valence-corrected chi connectivity index (χ1v) is 11.7. The molecule has 0 atom stereocenters. The molecule has 1 aliphatic rings. The zero-order valence-electron chi connectivity index (χ0n) is 17.4. The smallest absolute Gasteiger partial charge is 0.373 e. The summed E-state index contributed by atoms with van der Waals surface area (Å²) in [5.41, 5.74) is 0.782. The fraction of sp³-hybridized carbons (Fsp3) is 0.190. The van der Waals surface area contributed by atoms with Gasteiger partial charge in [0.15, 0.2) is 10.1 Å². The Hall–Kier alpha value is -3.52. The van der Waals surface area contributed by atoms with Crippen LogP contribution < -0.4 is 9.64 Å². The standard InChI is InChI=1S/C21H12F5N5O2S2/c22-13-14(23)16(25)18(17(26)15(13)24)33-20(32)19-28-10-4-3-9(7-11(10)34-19)29-30-12-8-27-21(35-12)31-5-1-2-6-31/h3-4,7-8H,1-2,5-6H2. The van der Waals surface area contributed by atoms with Gasteiger partial charge in [0.1, 0.15) is 0 Å². The molecule has 1 fully saturated rings. The van der Waals surface area contributed by atoms with E-state index in [1.165, 1.54) is 17.4 Å². The highest BCUT2D eigenvalue weighted by Gasteiger charge is 2.29. The van der Waals surface area contributed by atoms with Gasteiger partial charge in [-0.15, -0.1) is 21.6 Å². The summed E-state index contributed by atoms with van der Waals surface area (Å²) in [5, 5.41) is 9.48. The summed E-state index contributed by atoms with van der Waals surface area (Å²) in [7, 11) is 0. The molecular weight excluding hydrogens is 513 g/mol. The molecule has 0 saturated carbocycles. The molecule has 2 aromatic carbocycles. The number of carbonyl (C=O) groups is 1. The van der Waals surface area contributed by atoms with Gasteiger partial charge in [0, 0.05) is 13.1 Å². The van der Waals surface area contributed by atoms with Crippen molar-refractivity contribution in [1.82, 2.24) is 9.97 Å². The van der Waals surface area contributed by atoms with Crippen molar-refractivity contribution in [3.8, 4) is 5.75 Å². The second kappa shape index (κ2) is 9.26. The third-order valence-electron chi connectivity index (χ3n) is 5.03. The lowest BCUT2D eigenvalue weighted by atomic mass is 10.2. The van der Waals surface area contributed by atoms with Crippen LogP contribution in [0.25, 0.3) is 10.2 Å². The highest BCUT2D eigenvalue weighted by Crippen LogP contribution is 2.34. The molecule has 0 unspecified atom stereocenters. The molecule has 1 aliphatic heterocycles. The summed E-state index contributed by atoms with van der Waals surface area (Å²) in [5.74, 6) is -14.4. The Kier molecular flexibility index (Phi) is 6.15. The molecular formula is C21H12F5N5O2S2. The topological polar surface area (TPSA) is 80.0 Å². The van der Waals surface area contributed by atoms with Crippen LogP contribution in [0.1, 0.15) is 22.6 Å². The van der Waals surface area contributed by atoms with Crippen LogP contribution in [0.15, 0.2) is 34.6 Å². The first kappa shape index (κ1) is 23.2. The minimum Gasteiger partial charge on any atom is -0.415 e. The molecule has 2 aromatic heterocycles. The Morgan fingerprint density at radius 1 is 0.943 bits per heavy atom. The van der Waals surface area contributed by atoms with Crippen LogP contribution in [-0.4, -0.2) is 29.0 Å². The quantitative estimate of drug-likeness (QED) is 0.0725. The molecule has 7 nitrogen and oxygen atoms in total. The van der Waals surface area contributed by atoms with Gasteiger partial charge >= 0.3 is 5.97 Å². The first-order valence-electron chi connectivity index (χ1n) is 10.1. The number of anilines is 1. The van der Waals surface area contributed by atoms with Crippen LogP contribution in [-0.2, 0) is 0 Å². The largest absolute Gasteiger partial charge is 0.415 e. The number of hydrogen-bond acceptors (Lipinski definition) is 9. The van der Waals surface area contributed by atoms with E-state index in [1.54, 1.807) is 18.3 Å². The van der Waals surface area contributed by atoms with E-state index >= 15 is 0 Å². The number of aromatic nitrogens is 2. The highest BCUT2D eigenvalue weighted by molar-refractivity contribution is 7.20. The Balaban J connectivity index is 1.35. The summed E-state index contributed by atoms with van der Waals surface area (Å²) in [6.07, 6.45) is 3.88. The molecule has 180 valence electrons. The van der Waals surface area contributed by atoms with E-state index in [1.807, 2.05) is 0 Å². The maximum atomic E-state index is 13.8. The lowest BCUT2D eigenvalue weighted by Crippen LogP contribution is -2.16. The van der Waals surface area contributed by atoms with Crippen molar-refractivity contribution in [2.45, 2.75) is 12.8 Å². The SMILES string of the molecule is O=C(Oc1c(F)c(F)c(F)c(F)c1F)c1nc2ccc(N=Nc3cnc(N4CCCC4)s3)cc2s1. The van der Waals surface area contributed by atoms with Crippen molar-refractivity contribution in [1.29, 1.82) is 0 Å². The number of benzene rings is 2. The maximum absolute atomic E-state index is 13.8. The Morgan fingerprint density at radius 2 is 1.63 bits per heavy atom. The molecule has 35 heavy (non-hydrogen) atoms. The van der Waals surface area contributed by atoms with E-state index in [0.717, 1.165) is 42.4 Å². The fourth-order valence-corrected chi connectivity index (χ4v) is 5.00. The van der Waals surface area contributed by atoms with Crippen molar-refractivity contribution < 1.29 is 31.5 Å². The van der Waals surface area contributed by atoms with Crippen molar-refractivity contribution in [3.63, 3.8) is 0 Å². The number of nitrogens with zero attached hydrogens (tertiary/aromatic N) is 5. The van der Waals surface area contributed by atoms with Gasteiger partial charge in [-0.25, -0.2) is 27.9 Å². The number of fused-ring (bicyclic) bond motifs is 1. The Morgan fingerprint density at radius 3 is 2.34 bits per heavy atom. The van der Waals surface area contributed by atoms with Crippen molar-refractivity contribution in [2.24, 2.45) is 10.2 Å². The third kappa shape index (κ3) is 4.46. The van der Waals surface area contributed by atoms with Gasteiger partial charge in [-0.05, 0) is 31.0 Å². The third-order valence-corrected chi connectivity index (χ3v) is 6.97. The van der Waals surface area contributed by atoms with Gasteiger partial charge in [-0.2, -0.15) is 8.78 Å². The summed E-state index contributed by atoms with van der Waals surface area (Å²) in [4.78, 5) is 22.8. The molecule has 4 aromatic rings. The molecule has 5 rings (SSSR count). The van der Waals surface area contributed by atoms with Crippen LogP contribution in [0, 0.1) is 29.1 Å².